The van der Waals surface area contributed by atoms with Crippen LogP contribution in [0.25, 0.3) is 11.0 Å². The molecule has 1 aliphatic carbocycles. The quantitative estimate of drug-likeness (QED) is 0.910. The van der Waals surface area contributed by atoms with Crippen molar-refractivity contribution < 1.29 is 9.15 Å². The molecule has 2 aromatic rings. The number of fused-ring (bicyclic) bond motifs is 1. The third-order valence-electron chi connectivity index (χ3n) is 4.35. The summed E-state index contributed by atoms with van der Waals surface area (Å²) in [4.78, 5) is 0. The first-order chi connectivity index (χ1) is 9.12. The summed E-state index contributed by atoms with van der Waals surface area (Å²) < 4.78 is 11.5. The van der Waals surface area contributed by atoms with Gasteiger partial charge in [0.15, 0.2) is 0 Å². The van der Waals surface area contributed by atoms with Gasteiger partial charge in [0.25, 0.3) is 0 Å². The SMILES string of the molecule is COC1(CC(N)c2cc3cc(C)ccc3o2)CCC1. The van der Waals surface area contributed by atoms with Crippen molar-refractivity contribution >= 4 is 11.0 Å². The van der Waals surface area contributed by atoms with Gasteiger partial charge in [-0.1, -0.05) is 11.6 Å². The molecular formula is C16H21NO2. The molecule has 1 aromatic heterocycles. The van der Waals surface area contributed by atoms with E-state index in [4.69, 9.17) is 14.9 Å². The maximum atomic E-state index is 6.29. The summed E-state index contributed by atoms with van der Waals surface area (Å²) in [5.41, 5.74) is 8.42. The molecule has 0 saturated heterocycles. The lowest BCUT2D eigenvalue weighted by Crippen LogP contribution is -2.41. The molecule has 3 rings (SSSR count). The second-order valence-electron chi connectivity index (χ2n) is 5.74. The number of benzene rings is 1. The molecule has 1 unspecified atom stereocenters. The van der Waals surface area contributed by atoms with E-state index in [1.807, 2.05) is 6.07 Å². The summed E-state index contributed by atoms with van der Waals surface area (Å²) >= 11 is 0. The molecular weight excluding hydrogens is 238 g/mol. The van der Waals surface area contributed by atoms with E-state index in [0.29, 0.717) is 0 Å². The Labute approximate surface area is 113 Å². The van der Waals surface area contributed by atoms with Gasteiger partial charge in [-0.05, 0) is 50.8 Å². The van der Waals surface area contributed by atoms with Crippen molar-refractivity contribution in [2.75, 3.05) is 7.11 Å². The van der Waals surface area contributed by atoms with Gasteiger partial charge >= 0.3 is 0 Å². The van der Waals surface area contributed by atoms with Crippen molar-refractivity contribution in [3.05, 3.63) is 35.6 Å². The van der Waals surface area contributed by atoms with Crippen LogP contribution in [0.5, 0.6) is 0 Å². The molecule has 1 heterocycles. The highest BCUT2D eigenvalue weighted by molar-refractivity contribution is 5.78. The fourth-order valence-electron chi connectivity index (χ4n) is 2.93. The Morgan fingerprint density at radius 3 is 2.79 bits per heavy atom. The van der Waals surface area contributed by atoms with E-state index < -0.39 is 0 Å². The van der Waals surface area contributed by atoms with Gasteiger partial charge in [-0.15, -0.1) is 0 Å². The molecule has 0 bridgehead atoms. The standard InChI is InChI=1S/C16H21NO2/c1-11-4-5-14-12(8-11)9-15(19-14)13(17)10-16(18-2)6-3-7-16/h4-5,8-9,13H,3,6-7,10,17H2,1-2H3. The van der Waals surface area contributed by atoms with Crippen LogP contribution in [-0.2, 0) is 4.74 Å². The van der Waals surface area contributed by atoms with Gasteiger partial charge in [-0.2, -0.15) is 0 Å². The van der Waals surface area contributed by atoms with Crippen LogP contribution < -0.4 is 5.73 Å². The summed E-state index contributed by atoms with van der Waals surface area (Å²) in [5.74, 6) is 0.865. The molecule has 0 aliphatic heterocycles. The van der Waals surface area contributed by atoms with Gasteiger partial charge in [-0.25, -0.2) is 0 Å². The van der Waals surface area contributed by atoms with Crippen LogP contribution in [-0.4, -0.2) is 12.7 Å². The fourth-order valence-corrected chi connectivity index (χ4v) is 2.93. The second-order valence-corrected chi connectivity index (χ2v) is 5.74. The third-order valence-corrected chi connectivity index (χ3v) is 4.35. The van der Waals surface area contributed by atoms with Gasteiger partial charge in [-0.3, -0.25) is 0 Å². The fraction of sp³-hybridized carbons (Fsp3) is 0.500. The van der Waals surface area contributed by atoms with E-state index >= 15 is 0 Å². The molecule has 0 spiro atoms. The number of furan rings is 1. The number of ether oxygens (including phenoxy) is 1. The minimum absolute atomic E-state index is 0.0195. The van der Waals surface area contributed by atoms with Crippen LogP contribution in [0.4, 0.5) is 0 Å². The highest BCUT2D eigenvalue weighted by atomic mass is 16.5. The molecule has 1 aromatic carbocycles. The molecule has 0 radical (unpaired) electrons. The predicted molar refractivity (Wildman–Crippen MR) is 76.1 cm³/mol. The zero-order valence-electron chi connectivity index (χ0n) is 11.6. The summed E-state index contributed by atoms with van der Waals surface area (Å²) in [7, 11) is 1.79. The highest BCUT2D eigenvalue weighted by Gasteiger charge is 2.39. The Balaban J connectivity index is 1.83. The van der Waals surface area contributed by atoms with E-state index in [-0.39, 0.29) is 11.6 Å². The van der Waals surface area contributed by atoms with E-state index in [1.54, 1.807) is 7.11 Å². The molecule has 3 heteroatoms. The molecule has 0 amide bonds. The smallest absolute Gasteiger partial charge is 0.134 e. The summed E-state index contributed by atoms with van der Waals surface area (Å²) in [6.45, 7) is 2.08. The van der Waals surface area contributed by atoms with E-state index in [0.717, 1.165) is 36.0 Å². The highest BCUT2D eigenvalue weighted by Crippen LogP contribution is 2.41. The van der Waals surface area contributed by atoms with Gasteiger partial charge in [0, 0.05) is 12.5 Å². The summed E-state index contributed by atoms with van der Waals surface area (Å²) in [5, 5.41) is 1.13. The number of aryl methyl sites for hydroxylation is 1. The Hall–Kier alpha value is -1.32. The lowest BCUT2D eigenvalue weighted by Gasteiger charge is -2.41. The van der Waals surface area contributed by atoms with Crippen molar-refractivity contribution in [3.8, 4) is 0 Å². The molecule has 19 heavy (non-hydrogen) atoms. The van der Waals surface area contributed by atoms with Gasteiger partial charge in [0.05, 0.1) is 11.6 Å². The monoisotopic (exact) mass is 259 g/mol. The number of methoxy groups -OCH3 is 1. The Kier molecular flexibility index (Phi) is 3.11. The summed E-state index contributed by atoms with van der Waals surface area (Å²) in [6.07, 6.45) is 4.29. The van der Waals surface area contributed by atoms with E-state index in [9.17, 15) is 0 Å². The van der Waals surface area contributed by atoms with Crippen LogP contribution in [0.15, 0.2) is 28.7 Å². The Morgan fingerprint density at radius 2 is 2.16 bits per heavy atom. The molecule has 102 valence electrons. The number of nitrogens with two attached hydrogens (primary N) is 1. The first kappa shape index (κ1) is 12.7. The third kappa shape index (κ3) is 2.28. The zero-order chi connectivity index (χ0) is 13.5. The van der Waals surface area contributed by atoms with Gasteiger partial charge in [0.2, 0.25) is 0 Å². The van der Waals surface area contributed by atoms with Crippen LogP contribution >= 0.6 is 0 Å². The van der Waals surface area contributed by atoms with Crippen LogP contribution in [0, 0.1) is 6.92 Å². The minimum atomic E-state index is -0.0899. The minimum Gasteiger partial charge on any atom is -0.459 e. The van der Waals surface area contributed by atoms with Gasteiger partial charge in [0.1, 0.15) is 11.3 Å². The number of hydrogen-bond donors (Lipinski definition) is 1. The van der Waals surface area contributed by atoms with Crippen LogP contribution in [0.2, 0.25) is 0 Å². The molecule has 1 aliphatic rings. The van der Waals surface area contributed by atoms with Crippen molar-refractivity contribution in [2.45, 2.75) is 44.2 Å². The number of hydrogen-bond acceptors (Lipinski definition) is 3. The lowest BCUT2D eigenvalue weighted by molar-refractivity contribution is -0.0825. The average molecular weight is 259 g/mol. The maximum Gasteiger partial charge on any atom is 0.134 e. The lowest BCUT2D eigenvalue weighted by atomic mass is 9.75. The molecule has 3 nitrogen and oxygen atoms in total. The number of rotatable bonds is 4. The van der Waals surface area contributed by atoms with E-state index in [1.165, 1.54) is 12.0 Å². The largest absolute Gasteiger partial charge is 0.459 e. The molecule has 1 atom stereocenters. The first-order valence-electron chi connectivity index (χ1n) is 6.93. The van der Waals surface area contributed by atoms with Crippen molar-refractivity contribution in [2.24, 2.45) is 5.73 Å². The Morgan fingerprint density at radius 1 is 1.37 bits per heavy atom. The Bertz CT molecular complexity index is 578. The van der Waals surface area contributed by atoms with Crippen molar-refractivity contribution in [3.63, 3.8) is 0 Å². The van der Waals surface area contributed by atoms with Crippen LogP contribution in [0.3, 0.4) is 0 Å². The topological polar surface area (TPSA) is 48.4 Å². The van der Waals surface area contributed by atoms with Crippen molar-refractivity contribution in [1.29, 1.82) is 0 Å². The molecule has 1 fully saturated rings. The predicted octanol–water partition coefficient (Wildman–Crippen LogP) is 3.70. The zero-order valence-corrected chi connectivity index (χ0v) is 11.6. The first-order valence-corrected chi connectivity index (χ1v) is 6.93. The van der Waals surface area contributed by atoms with Crippen molar-refractivity contribution in [1.82, 2.24) is 0 Å². The molecule has 1 saturated carbocycles. The van der Waals surface area contributed by atoms with Gasteiger partial charge < -0.3 is 14.9 Å². The maximum absolute atomic E-state index is 6.29. The second kappa shape index (κ2) is 4.66. The van der Waals surface area contributed by atoms with Crippen LogP contribution in [0.1, 0.15) is 43.0 Å². The molecule has 2 N–H and O–H groups in total. The average Bonchev–Trinajstić information content (AvgIpc) is 2.76. The van der Waals surface area contributed by atoms with E-state index in [2.05, 4.69) is 25.1 Å². The normalized spacial score (nSPS) is 19.3. The summed E-state index contributed by atoms with van der Waals surface area (Å²) in [6, 6.07) is 8.17.